The molecule has 6 rings (SSSR count). The Morgan fingerprint density at radius 2 is 1.94 bits per heavy atom. The molecule has 1 spiro atoms. The summed E-state index contributed by atoms with van der Waals surface area (Å²) in [7, 11) is 0. The van der Waals surface area contributed by atoms with Gasteiger partial charge in [0.15, 0.2) is 11.5 Å². The maximum atomic E-state index is 14.2. The van der Waals surface area contributed by atoms with Crippen molar-refractivity contribution in [1.82, 2.24) is 25.1 Å². The molecular weight excluding hydrogens is 462 g/mol. The number of nitrogens with zero attached hydrogens (tertiary/aromatic N) is 4. The number of piperidine rings is 1. The van der Waals surface area contributed by atoms with E-state index < -0.39 is 11.6 Å². The number of pyridine rings is 1. The molecule has 2 saturated heterocycles. The first kappa shape index (κ1) is 21.3. The van der Waals surface area contributed by atoms with Gasteiger partial charge in [0.25, 0.3) is 0 Å². The summed E-state index contributed by atoms with van der Waals surface area (Å²) in [6.07, 6.45) is 5.02. The second-order valence-electron chi connectivity index (χ2n) is 9.16. The second-order valence-corrected chi connectivity index (χ2v) is 9.57. The smallest absolute Gasteiger partial charge is 0.159 e. The fraction of sp³-hybridized carbons (Fsp3) is 0.375. The van der Waals surface area contributed by atoms with E-state index in [0.29, 0.717) is 33.9 Å². The first-order valence-electron chi connectivity index (χ1n) is 11.2. The summed E-state index contributed by atoms with van der Waals surface area (Å²) in [5.74, 6) is 4.79. The number of imidazole rings is 1. The number of hydrogen-bond acceptors (Lipinski definition) is 5. The van der Waals surface area contributed by atoms with Crippen LogP contribution in [0.15, 0.2) is 18.5 Å². The van der Waals surface area contributed by atoms with Crippen LogP contribution in [0.1, 0.15) is 37.4 Å². The summed E-state index contributed by atoms with van der Waals surface area (Å²) in [4.78, 5) is 16.0. The van der Waals surface area contributed by atoms with E-state index in [1.165, 1.54) is 6.33 Å². The molecule has 0 unspecified atom stereocenters. The third-order valence-corrected chi connectivity index (χ3v) is 7.19. The average Bonchev–Trinajstić information content (AvgIpc) is 3.52. The van der Waals surface area contributed by atoms with Crippen LogP contribution in [0.5, 0.6) is 0 Å². The molecule has 0 amide bonds. The van der Waals surface area contributed by atoms with Crippen molar-refractivity contribution in [3.05, 3.63) is 46.4 Å². The Hall–Kier alpha value is -3.22. The topological polar surface area (TPSA) is 82.7 Å². The number of H-pyrrole nitrogens is 2. The molecule has 174 valence electrons. The molecule has 0 radical (unpaired) electrons. The molecule has 7 nitrogen and oxygen atoms in total. The van der Waals surface area contributed by atoms with Gasteiger partial charge in [0.1, 0.15) is 34.7 Å². The lowest BCUT2D eigenvalue weighted by atomic mass is 9.77. The molecule has 2 N–H and O–H groups in total. The predicted octanol–water partition coefficient (Wildman–Crippen LogP) is 4.56. The average molecular weight is 483 g/mol. The molecule has 2 aliphatic rings. The molecular formula is C24H21ClF2N6O. The van der Waals surface area contributed by atoms with Crippen LogP contribution in [0.2, 0.25) is 5.02 Å². The lowest BCUT2D eigenvalue weighted by molar-refractivity contribution is 0.0976. The SMILES string of the molecule is C[C@H]1CC2(CCN(c3nc4[nH][nH]c(C#Cc5c(F)cc(F)cc5Cl)c4c4ncnc34)CC2)CO1. The van der Waals surface area contributed by atoms with Crippen LogP contribution in [0.3, 0.4) is 0 Å². The van der Waals surface area contributed by atoms with Crippen LogP contribution in [0.4, 0.5) is 14.6 Å². The van der Waals surface area contributed by atoms with E-state index in [2.05, 4.69) is 43.8 Å². The van der Waals surface area contributed by atoms with Gasteiger partial charge in [-0.2, -0.15) is 0 Å². The number of aromatic nitrogens is 5. The summed E-state index contributed by atoms with van der Waals surface area (Å²) >= 11 is 5.98. The van der Waals surface area contributed by atoms with Crippen LogP contribution in [0.25, 0.3) is 22.1 Å². The Labute approximate surface area is 198 Å². The number of hydrogen-bond donors (Lipinski definition) is 2. The van der Waals surface area contributed by atoms with E-state index in [4.69, 9.17) is 21.3 Å². The first-order valence-corrected chi connectivity index (χ1v) is 11.5. The van der Waals surface area contributed by atoms with Crippen molar-refractivity contribution in [2.24, 2.45) is 5.41 Å². The van der Waals surface area contributed by atoms with Gasteiger partial charge in [0, 0.05) is 19.2 Å². The Balaban J connectivity index is 1.36. The normalized spacial score (nSPS) is 19.8. The van der Waals surface area contributed by atoms with Crippen molar-refractivity contribution < 1.29 is 13.5 Å². The van der Waals surface area contributed by atoms with Crippen molar-refractivity contribution >= 4 is 39.5 Å². The van der Waals surface area contributed by atoms with Gasteiger partial charge in [0.05, 0.1) is 28.7 Å². The molecule has 5 heterocycles. The van der Waals surface area contributed by atoms with Gasteiger partial charge in [-0.15, -0.1) is 0 Å². The molecule has 34 heavy (non-hydrogen) atoms. The highest BCUT2D eigenvalue weighted by Gasteiger charge is 2.41. The molecule has 0 saturated carbocycles. The summed E-state index contributed by atoms with van der Waals surface area (Å²) in [5.41, 5.74) is 2.58. The highest BCUT2D eigenvalue weighted by molar-refractivity contribution is 6.31. The number of anilines is 1. The van der Waals surface area contributed by atoms with Crippen LogP contribution < -0.4 is 4.90 Å². The van der Waals surface area contributed by atoms with Gasteiger partial charge in [0.2, 0.25) is 0 Å². The zero-order valence-corrected chi connectivity index (χ0v) is 19.1. The highest BCUT2D eigenvalue weighted by Crippen LogP contribution is 2.43. The third-order valence-electron chi connectivity index (χ3n) is 6.89. The van der Waals surface area contributed by atoms with E-state index in [9.17, 15) is 8.78 Å². The minimum absolute atomic E-state index is 0.0762. The number of benzene rings is 1. The fourth-order valence-electron chi connectivity index (χ4n) is 5.14. The number of fused-ring (bicyclic) bond motifs is 3. The van der Waals surface area contributed by atoms with E-state index in [-0.39, 0.29) is 16.0 Å². The Morgan fingerprint density at radius 3 is 2.68 bits per heavy atom. The molecule has 0 aliphatic carbocycles. The monoisotopic (exact) mass is 482 g/mol. The highest BCUT2D eigenvalue weighted by atomic mass is 35.5. The zero-order valence-electron chi connectivity index (χ0n) is 18.4. The lowest BCUT2D eigenvalue weighted by Gasteiger charge is -2.39. The van der Waals surface area contributed by atoms with Crippen molar-refractivity contribution in [2.75, 3.05) is 24.6 Å². The van der Waals surface area contributed by atoms with Gasteiger partial charge < -0.3 is 9.64 Å². The van der Waals surface area contributed by atoms with Crippen molar-refractivity contribution in [2.45, 2.75) is 32.3 Å². The van der Waals surface area contributed by atoms with Gasteiger partial charge in [-0.1, -0.05) is 17.5 Å². The number of nitrogens with one attached hydrogen (secondary N) is 2. The van der Waals surface area contributed by atoms with Crippen LogP contribution >= 0.6 is 11.6 Å². The van der Waals surface area contributed by atoms with Crippen molar-refractivity contribution in [3.8, 4) is 11.8 Å². The zero-order chi connectivity index (χ0) is 23.4. The Morgan fingerprint density at radius 1 is 1.15 bits per heavy atom. The van der Waals surface area contributed by atoms with E-state index in [1.807, 2.05) is 0 Å². The van der Waals surface area contributed by atoms with Gasteiger partial charge >= 0.3 is 0 Å². The first-order chi connectivity index (χ1) is 16.4. The summed E-state index contributed by atoms with van der Waals surface area (Å²) < 4.78 is 33.4. The molecule has 3 aromatic heterocycles. The van der Waals surface area contributed by atoms with Gasteiger partial charge in [-0.3, -0.25) is 10.2 Å². The van der Waals surface area contributed by atoms with Gasteiger partial charge in [-0.25, -0.2) is 23.7 Å². The molecule has 0 bridgehead atoms. The van der Waals surface area contributed by atoms with Crippen LogP contribution in [-0.2, 0) is 4.74 Å². The third kappa shape index (κ3) is 3.49. The van der Waals surface area contributed by atoms with E-state index in [1.54, 1.807) is 0 Å². The maximum Gasteiger partial charge on any atom is 0.159 e. The second kappa shape index (κ2) is 7.93. The molecule has 4 aromatic rings. The van der Waals surface area contributed by atoms with Crippen LogP contribution in [0, 0.1) is 28.9 Å². The van der Waals surface area contributed by atoms with Gasteiger partial charge in [-0.05, 0) is 43.6 Å². The minimum Gasteiger partial charge on any atom is -0.378 e. The maximum absolute atomic E-state index is 14.2. The summed E-state index contributed by atoms with van der Waals surface area (Å²) in [6.45, 7) is 4.71. The molecule has 2 fully saturated rings. The number of halogens is 3. The quantitative estimate of drug-likeness (QED) is 0.389. The minimum atomic E-state index is -0.819. The number of rotatable bonds is 1. The molecule has 10 heteroatoms. The molecule has 1 aromatic carbocycles. The van der Waals surface area contributed by atoms with Crippen LogP contribution in [-0.4, -0.2) is 50.9 Å². The predicted molar refractivity (Wildman–Crippen MR) is 125 cm³/mol. The Kier molecular flexibility index (Phi) is 4.97. The number of ether oxygens (including phenoxy) is 1. The number of aromatic amines is 2. The summed E-state index contributed by atoms with van der Waals surface area (Å²) in [5, 5.41) is 6.60. The van der Waals surface area contributed by atoms with Crippen molar-refractivity contribution in [3.63, 3.8) is 0 Å². The summed E-state index contributed by atoms with van der Waals surface area (Å²) in [6, 6.07) is 1.79. The standard InChI is InChI=1S/C24H21ClF2N6O/c1-13-10-24(11-34-13)4-6-33(7-5-24)23-21-20(28-12-29-21)19-18(31-32-22(19)30-23)3-2-15-16(25)8-14(26)9-17(15)27/h8-9,12-13H,4-7,10-11H2,1H3,(H2,30,31,32)/t13-/m0/s1. The van der Waals surface area contributed by atoms with E-state index in [0.717, 1.165) is 56.9 Å². The van der Waals surface area contributed by atoms with E-state index >= 15 is 0 Å². The molecule has 2 aliphatic heterocycles. The molecule has 1 atom stereocenters. The fourth-order valence-corrected chi connectivity index (χ4v) is 5.38. The lowest BCUT2D eigenvalue weighted by Crippen LogP contribution is -2.41. The largest absolute Gasteiger partial charge is 0.378 e. The van der Waals surface area contributed by atoms with Crippen molar-refractivity contribution in [1.29, 1.82) is 0 Å². The Bertz CT molecular complexity index is 1450.